The molecule has 2 saturated heterocycles. The summed E-state index contributed by atoms with van der Waals surface area (Å²) < 4.78 is 6.15. The van der Waals surface area contributed by atoms with Crippen molar-refractivity contribution >= 4 is 5.91 Å². The second-order valence-corrected chi connectivity index (χ2v) is 7.87. The lowest BCUT2D eigenvalue weighted by Crippen LogP contribution is -2.49. The first-order valence-corrected chi connectivity index (χ1v) is 8.42. The van der Waals surface area contributed by atoms with Crippen LogP contribution in [0, 0.1) is 0 Å². The molecule has 1 aromatic heterocycles. The first-order valence-electron chi connectivity index (χ1n) is 8.42. The van der Waals surface area contributed by atoms with Crippen LogP contribution >= 0.6 is 0 Å². The van der Waals surface area contributed by atoms with E-state index >= 15 is 0 Å². The number of carbonyl (C=O) groups is 1. The molecule has 0 saturated carbocycles. The Morgan fingerprint density at radius 2 is 2.17 bits per heavy atom. The number of ether oxygens (including phenoxy) is 1. The molecule has 0 spiro atoms. The number of pyridine rings is 1. The van der Waals surface area contributed by atoms with Crippen LogP contribution in [0.25, 0.3) is 0 Å². The van der Waals surface area contributed by atoms with Gasteiger partial charge in [-0.05, 0) is 52.7 Å². The Kier molecular flexibility index (Phi) is 4.19. The number of aromatic nitrogens is 1. The normalized spacial score (nSPS) is 29.0. The largest absolute Gasteiger partial charge is 0.368 e. The van der Waals surface area contributed by atoms with Gasteiger partial charge in [-0.25, -0.2) is 0 Å². The van der Waals surface area contributed by atoms with Gasteiger partial charge in [-0.3, -0.25) is 9.78 Å². The highest BCUT2D eigenvalue weighted by atomic mass is 16.5. The molecule has 1 aromatic rings. The fourth-order valence-corrected chi connectivity index (χ4v) is 3.86. The third-order valence-corrected chi connectivity index (χ3v) is 4.90. The average molecular weight is 317 g/mol. The Bertz CT molecular complexity index is 571. The predicted octanol–water partition coefficient (Wildman–Crippen LogP) is 2.23. The molecule has 5 nitrogen and oxygen atoms in total. The zero-order chi connectivity index (χ0) is 16.7. The van der Waals surface area contributed by atoms with Gasteiger partial charge < -0.3 is 15.0 Å². The first kappa shape index (κ1) is 16.4. The summed E-state index contributed by atoms with van der Waals surface area (Å²) in [6.45, 7) is 10.1. The quantitative estimate of drug-likeness (QED) is 0.929. The zero-order valence-corrected chi connectivity index (χ0v) is 14.5. The minimum atomic E-state index is -0.176. The monoisotopic (exact) mass is 317 g/mol. The van der Waals surface area contributed by atoms with Crippen molar-refractivity contribution in [3.8, 4) is 0 Å². The molecule has 2 atom stereocenters. The van der Waals surface area contributed by atoms with E-state index in [4.69, 9.17) is 4.74 Å². The van der Waals surface area contributed by atoms with Gasteiger partial charge in [0.25, 0.3) is 5.91 Å². The number of nitrogens with one attached hydrogen (secondary N) is 1. The highest BCUT2D eigenvalue weighted by Gasteiger charge is 2.46. The van der Waals surface area contributed by atoms with E-state index < -0.39 is 0 Å². The van der Waals surface area contributed by atoms with Crippen LogP contribution in [-0.4, -0.2) is 52.2 Å². The van der Waals surface area contributed by atoms with Gasteiger partial charge in [0.2, 0.25) is 0 Å². The molecule has 2 fully saturated rings. The minimum Gasteiger partial charge on any atom is -0.368 e. The van der Waals surface area contributed by atoms with E-state index in [2.05, 4.69) is 38.0 Å². The average Bonchev–Trinajstić information content (AvgIpc) is 3.01. The molecule has 3 heterocycles. The van der Waals surface area contributed by atoms with Gasteiger partial charge in [-0.15, -0.1) is 0 Å². The molecule has 3 rings (SSSR count). The summed E-state index contributed by atoms with van der Waals surface area (Å²) in [5.41, 5.74) is 0.397. The molecular weight excluding hydrogens is 290 g/mol. The molecule has 5 heteroatoms. The Morgan fingerprint density at radius 1 is 1.39 bits per heavy atom. The van der Waals surface area contributed by atoms with Gasteiger partial charge in [-0.1, -0.05) is 0 Å². The lowest BCUT2D eigenvalue weighted by molar-refractivity contribution is -0.0703. The van der Waals surface area contributed by atoms with Crippen LogP contribution in [0.3, 0.4) is 0 Å². The maximum Gasteiger partial charge on any atom is 0.255 e. The molecular formula is C18H27N3O2. The van der Waals surface area contributed by atoms with Crippen molar-refractivity contribution in [2.75, 3.05) is 13.1 Å². The van der Waals surface area contributed by atoms with Crippen LogP contribution in [0.2, 0.25) is 0 Å². The summed E-state index contributed by atoms with van der Waals surface area (Å²) in [6.07, 6.45) is 5.31. The van der Waals surface area contributed by atoms with Crippen molar-refractivity contribution in [2.45, 2.75) is 63.8 Å². The van der Waals surface area contributed by atoms with Gasteiger partial charge >= 0.3 is 0 Å². The summed E-state index contributed by atoms with van der Waals surface area (Å²) in [6, 6.07) is 4.28. The Balaban J connectivity index is 1.59. The topological polar surface area (TPSA) is 54.5 Å². The third kappa shape index (κ3) is 3.56. The van der Waals surface area contributed by atoms with Gasteiger partial charge in [-0.2, -0.15) is 0 Å². The van der Waals surface area contributed by atoms with Crippen LogP contribution in [0.15, 0.2) is 24.5 Å². The third-order valence-electron chi connectivity index (χ3n) is 4.90. The SMILES string of the molecule is CC1(C)CC(NC2CCN(C(=O)c3cccnc3)C2)C(C)(C)O1. The van der Waals surface area contributed by atoms with Gasteiger partial charge in [0.15, 0.2) is 0 Å². The fourth-order valence-electron chi connectivity index (χ4n) is 3.86. The highest BCUT2D eigenvalue weighted by molar-refractivity contribution is 5.94. The van der Waals surface area contributed by atoms with Crippen LogP contribution in [-0.2, 0) is 4.74 Å². The minimum absolute atomic E-state index is 0.0738. The van der Waals surface area contributed by atoms with E-state index in [1.165, 1.54) is 0 Å². The smallest absolute Gasteiger partial charge is 0.255 e. The van der Waals surface area contributed by atoms with E-state index in [-0.39, 0.29) is 17.1 Å². The second kappa shape index (κ2) is 5.87. The Hall–Kier alpha value is -1.46. The molecule has 2 aliphatic heterocycles. The lowest BCUT2D eigenvalue weighted by Gasteiger charge is -2.30. The molecule has 1 N–H and O–H groups in total. The summed E-state index contributed by atoms with van der Waals surface area (Å²) in [5.74, 6) is 0.0738. The van der Waals surface area contributed by atoms with E-state index in [0.717, 1.165) is 25.9 Å². The van der Waals surface area contributed by atoms with Gasteiger partial charge in [0.1, 0.15) is 0 Å². The van der Waals surface area contributed by atoms with Crippen LogP contribution in [0.1, 0.15) is 50.9 Å². The van der Waals surface area contributed by atoms with Crippen LogP contribution in [0.4, 0.5) is 0 Å². The summed E-state index contributed by atoms with van der Waals surface area (Å²) in [4.78, 5) is 18.4. The van der Waals surface area contributed by atoms with Crippen molar-refractivity contribution < 1.29 is 9.53 Å². The number of nitrogens with zero attached hydrogens (tertiary/aromatic N) is 2. The lowest BCUT2D eigenvalue weighted by atomic mass is 9.93. The number of likely N-dealkylation sites (tertiary alicyclic amines) is 1. The van der Waals surface area contributed by atoms with E-state index in [1.54, 1.807) is 18.5 Å². The number of amides is 1. The first-order chi connectivity index (χ1) is 10.8. The Morgan fingerprint density at radius 3 is 2.78 bits per heavy atom. The molecule has 23 heavy (non-hydrogen) atoms. The second-order valence-electron chi connectivity index (χ2n) is 7.87. The maximum atomic E-state index is 12.5. The number of hydrogen-bond acceptors (Lipinski definition) is 4. The highest BCUT2D eigenvalue weighted by Crippen LogP contribution is 2.37. The summed E-state index contributed by atoms with van der Waals surface area (Å²) in [5, 5.41) is 3.73. The van der Waals surface area contributed by atoms with Crippen molar-refractivity contribution in [3.05, 3.63) is 30.1 Å². The van der Waals surface area contributed by atoms with E-state index in [9.17, 15) is 4.79 Å². The fraction of sp³-hybridized carbons (Fsp3) is 0.667. The molecule has 0 aromatic carbocycles. The summed E-state index contributed by atoms with van der Waals surface area (Å²) >= 11 is 0. The molecule has 2 aliphatic rings. The van der Waals surface area contributed by atoms with E-state index in [1.807, 2.05) is 11.0 Å². The predicted molar refractivity (Wildman–Crippen MR) is 89.3 cm³/mol. The number of carbonyl (C=O) groups excluding carboxylic acids is 1. The number of hydrogen-bond donors (Lipinski definition) is 1. The summed E-state index contributed by atoms with van der Waals surface area (Å²) in [7, 11) is 0. The molecule has 2 unspecified atom stereocenters. The van der Waals surface area contributed by atoms with Crippen molar-refractivity contribution in [2.24, 2.45) is 0 Å². The van der Waals surface area contributed by atoms with Crippen molar-refractivity contribution in [1.82, 2.24) is 15.2 Å². The standard InChI is InChI=1S/C18H27N3O2/c1-17(2)10-15(18(3,4)23-17)20-14-7-9-21(12-14)16(22)13-6-5-8-19-11-13/h5-6,8,11,14-15,20H,7,9-10,12H2,1-4H3. The van der Waals surface area contributed by atoms with Crippen molar-refractivity contribution in [1.29, 1.82) is 0 Å². The molecule has 0 aliphatic carbocycles. The molecule has 1 amide bonds. The Labute approximate surface area is 138 Å². The number of rotatable bonds is 3. The zero-order valence-electron chi connectivity index (χ0n) is 14.5. The molecule has 126 valence electrons. The van der Waals surface area contributed by atoms with E-state index in [0.29, 0.717) is 17.6 Å². The van der Waals surface area contributed by atoms with Crippen molar-refractivity contribution in [3.63, 3.8) is 0 Å². The van der Waals surface area contributed by atoms with Gasteiger partial charge in [0, 0.05) is 37.6 Å². The van der Waals surface area contributed by atoms with Crippen LogP contribution in [0.5, 0.6) is 0 Å². The maximum absolute atomic E-state index is 12.5. The molecule has 0 bridgehead atoms. The molecule has 0 radical (unpaired) electrons. The van der Waals surface area contributed by atoms with Crippen LogP contribution < -0.4 is 5.32 Å². The van der Waals surface area contributed by atoms with Gasteiger partial charge in [0.05, 0.1) is 16.8 Å².